The Hall–Kier alpha value is -2.07. The lowest BCUT2D eigenvalue weighted by Crippen LogP contribution is -2.40. The Kier molecular flexibility index (Phi) is 5.35. The maximum absolute atomic E-state index is 5.56. The van der Waals surface area contributed by atoms with Crippen molar-refractivity contribution < 1.29 is 0 Å². The number of hydrogen-bond acceptors (Lipinski definition) is 2. The summed E-state index contributed by atoms with van der Waals surface area (Å²) in [5.41, 5.74) is 3.44. The second-order valence-electron chi connectivity index (χ2n) is 8.23. The van der Waals surface area contributed by atoms with Crippen LogP contribution in [-0.4, -0.2) is 17.2 Å². The summed E-state index contributed by atoms with van der Waals surface area (Å²) in [5.74, 6) is 1.75. The number of anilines is 3. The largest absolute Gasteiger partial charge is 0.359 e. The van der Waals surface area contributed by atoms with Gasteiger partial charge in [-0.15, -0.1) is 0 Å². The number of para-hydroxylation sites is 1. The van der Waals surface area contributed by atoms with Crippen molar-refractivity contribution in [2.45, 2.75) is 51.6 Å². The number of fused-ring (bicyclic) bond motifs is 2. The minimum atomic E-state index is 0.381. The zero-order valence-electron chi connectivity index (χ0n) is 16.2. The summed E-state index contributed by atoms with van der Waals surface area (Å²) in [4.78, 5) is 2.34. The van der Waals surface area contributed by atoms with Crippen LogP contribution in [-0.2, 0) is 0 Å². The number of nitrogens with zero attached hydrogens (tertiary/aromatic N) is 1. The Labute approximate surface area is 168 Å². The van der Waals surface area contributed by atoms with Crippen molar-refractivity contribution in [1.29, 1.82) is 0 Å². The highest BCUT2D eigenvalue weighted by molar-refractivity contribution is 7.80. The van der Waals surface area contributed by atoms with Crippen molar-refractivity contribution in [3.05, 3.63) is 54.6 Å². The molecule has 2 fully saturated rings. The first-order chi connectivity index (χ1) is 13.1. The van der Waals surface area contributed by atoms with Crippen molar-refractivity contribution in [3.8, 4) is 0 Å². The van der Waals surface area contributed by atoms with Gasteiger partial charge in [-0.05, 0) is 93.6 Å². The molecule has 3 nitrogen and oxygen atoms in total. The molecule has 2 aromatic rings. The molecule has 0 amide bonds. The van der Waals surface area contributed by atoms with Crippen molar-refractivity contribution in [3.63, 3.8) is 0 Å². The minimum Gasteiger partial charge on any atom is -0.359 e. The first kappa shape index (κ1) is 18.3. The smallest absolute Gasteiger partial charge is 0.171 e. The lowest BCUT2D eigenvalue weighted by atomic mass is 9.96. The third-order valence-corrected chi connectivity index (χ3v) is 6.23. The van der Waals surface area contributed by atoms with Gasteiger partial charge in [-0.3, -0.25) is 0 Å². The van der Waals surface area contributed by atoms with Gasteiger partial charge >= 0.3 is 0 Å². The molecule has 0 aromatic heterocycles. The van der Waals surface area contributed by atoms with Crippen molar-refractivity contribution in [2.75, 3.05) is 10.2 Å². The molecule has 2 N–H and O–H groups in total. The molecule has 0 saturated heterocycles. The average Bonchev–Trinajstić information content (AvgIpc) is 3.27. The van der Waals surface area contributed by atoms with Crippen molar-refractivity contribution >= 4 is 34.4 Å². The third-order valence-electron chi connectivity index (χ3n) is 6.01. The Morgan fingerprint density at radius 3 is 2.26 bits per heavy atom. The van der Waals surface area contributed by atoms with Gasteiger partial charge in [0.2, 0.25) is 0 Å². The van der Waals surface area contributed by atoms with Crippen LogP contribution >= 0.6 is 12.2 Å². The molecule has 2 saturated carbocycles. The van der Waals surface area contributed by atoms with Crippen molar-refractivity contribution in [2.24, 2.45) is 11.8 Å². The third kappa shape index (κ3) is 4.11. The first-order valence-electron chi connectivity index (χ1n) is 10.1. The second kappa shape index (κ2) is 7.89. The van der Waals surface area contributed by atoms with E-state index in [1.807, 2.05) is 0 Å². The number of rotatable bonds is 5. The summed E-state index contributed by atoms with van der Waals surface area (Å²) < 4.78 is 0. The maximum Gasteiger partial charge on any atom is 0.171 e. The highest BCUT2D eigenvalue weighted by Gasteiger charge is 2.39. The van der Waals surface area contributed by atoms with Crippen LogP contribution < -0.4 is 15.5 Å². The summed E-state index contributed by atoms with van der Waals surface area (Å²) in [5, 5.41) is 7.67. The van der Waals surface area contributed by atoms with E-state index in [2.05, 4.69) is 84.0 Å². The first-order valence-corrected chi connectivity index (χ1v) is 10.5. The van der Waals surface area contributed by atoms with Crippen molar-refractivity contribution in [1.82, 2.24) is 5.32 Å². The SMILES string of the molecule is CC(C)N(c1ccccc1)c1ccc(NC(=S)N[C@H]2C[C@@H]3CC[C@@H]2C3)cc1. The van der Waals surface area contributed by atoms with E-state index in [0.717, 1.165) is 22.6 Å². The molecule has 2 aromatic carbocycles. The quantitative estimate of drug-likeness (QED) is 0.651. The molecule has 0 heterocycles. The van der Waals surface area contributed by atoms with Gasteiger partial charge in [-0.1, -0.05) is 24.6 Å². The van der Waals surface area contributed by atoms with E-state index >= 15 is 0 Å². The molecule has 4 rings (SSSR count). The number of nitrogens with one attached hydrogen (secondary N) is 2. The predicted octanol–water partition coefficient (Wildman–Crippen LogP) is 5.71. The Balaban J connectivity index is 1.40. The zero-order chi connectivity index (χ0) is 18.8. The van der Waals surface area contributed by atoms with Crippen LogP contribution in [0, 0.1) is 11.8 Å². The van der Waals surface area contributed by atoms with E-state index in [1.54, 1.807) is 0 Å². The fourth-order valence-electron chi connectivity index (χ4n) is 4.80. The van der Waals surface area contributed by atoms with Crippen LogP contribution in [0.4, 0.5) is 17.1 Å². The summed E-state index contributed by atoms with van der Waals surface area (Å²) in [6, 6.07) is 20.0. The molecule has 0 spiro atoms. The van der Waals surface area contributed by atoms with Crippen LogP contribution in [0.3, 0.4) is 0 Å². The molecular weight excluding hydrogens is 350 g/mol. The number of benzene rings is 2. The normalized spacial score (nSPS) is 23.4. The molecule has 0 unspecified atom stereocenters. The average molecular weight is 380 g/mol. The van der Waals surface area contributed by atoms with Gasteiger partial charge in [-0.25, -0.2) is 0 Å². The number of hydrogen-bond donors (Lipinski definition) is 2. The van der Waals surface area contributed by atoms with Crippen LogP contribution in [0.25, 0.3) is 0 Å². The molecule has 2 bridgehead atoms. The summed E-state index contributed by atoms with van der Waals surface area (Å²) >= 11 is 5.56. The van der Waals surface area contributed by atoms with Gasteiger partial charge in [0, 0.05) is 29.1 Å². The van der Waals surface area contributed by atoms with Gasteiger partial charge < -0.3 is 15.5 Å². The standard InChI is InChI=1S/C23H29N3S/c1-16(2)26(20-6-4-3-5-7-20)21-12-10-19(11-13-21)24-23(27)25-22-15-17-8-9-18(22)14-17/h3-7,10-13,16-18,22H,8-9,14-15H2,1-2H3,(H2,24,25,27)/t17-,18-,22+/m1/s1. The summed E-state index contributed by atoms with van der Waals surface area (Å²) in [7, 11) is 0. The predicted molar refractivity (Wildman–Crippen MR) is 119 cm³/mol. The zero-order valence-corrected chi connectivity index (χ0v) is 17.0. The molecular formula is C23H29N3S. The Bertz CT molecular complexity index is 772. The molecule has 27 heavy (non-hydrogen) atoms. The van der Waals surface area contributed by atoms with E-state index < -0.39 is 0 Å². The number of thiocarbonyl (C=S) groups is 1. The van der Waals surface area contributed by atoms with Crippen LogP contribution in [0.1, 0.15) is 39.5 Å². The van der Waals surface area contributed by atoms with E-state index in [9.17, 15) is 0 Å². The lowest BCUT2D eigenvalue weighted by Gasteiger charge is -2.29. The molecule has 0 aliphatic heterocycles. The monoisotopic (exact) mass is 379 g/mol. The van der Waals surface area contributed by atoms with E-state index in [0.29, 0.717) is 12.1 Å². The van der Waals surface area contributed by atoms with Gasteiger partial charge in [0.15, 0.2) is 5.11 Å². The van der Waals surface area contributed by atoms with Crippen LogP contribution in [0.15, 0.2) is 54.6 Å². The van der Waals surface area contributed by atoms with Crippen LogP contribution in [0.5, 0.6) is 0 Å². The van der Waals surface area contributed by atoms with E-state index in [1.165, 1.54) is 37.1 Å². The molecule has 2 aliphatic rings. The summed E-state index contributed by atoms with van der Waals surface area (Å²) in [6.07, 6.45) is 5.45. The van der Waals surface area contributed by atoms with Gasteiger partial charge in [0.25, 0.3) is 0 Å². The molecule has 3 atom stereocenters. The minimum absolute atomic E-state index is 0.381. The van der Waals surface area contributed by atoms with Crippen LogP contribution in [0.2, 0.25) is 0 Å². The molecule has 2 aliphatic carbocycles. The topological polar surface area (TPSA) is 27.3 Å². The lowest BCUT2D eigenvalue weighted by molar-refractivity contribution is 0.392. The summed E-state index contributed by atoms with van der Waals surface area (Å²) in [6.45, 7) is 4.43. The van der Waals surface area contributed by atoms with Gasteiger partial charge in [-0.2, -0.15) is 0 Å². The maximum atomic E-state index is 5.56. The molecule has 0 radical (unpaired) electrons. The van der Waals surface area contributed by atoms with Gasteiger partial charge in [0.1, 0.15) is 0 Å². The Morgan fingerprint density at radius 1 is 0.963 bits per heavy atom. The fourth-order valence-corrected chi connectivity index (χ4v) is 5.07. The second-order valence-corrected chi connectivity index (χ2v) is 8.63. The molecule has 4 heteroatoms. The van der Waals surface area contributed by atoms with Gasteiger partial charge in [0.05, 0.1) is 0 Å². The highest BCUT2D eigenvalue weighted by Crippen LogP contribution is 2.44. The Morgan fingerprint density at radius 2 is 1.67 bits per heavy atom. The molecule has 142 valence electrons. The van der Waals surface area contributed by atoms with E-state index in [4.69, 9.17) is 12.2 Å². The fraction of sp³-hybridized carbons (Fsp3) is 0.435. The van der Waals surface area contributed by atoms with E-state index in [-0.39, 0.29) is 0 Å². The highest BCUT2D eigenvalue weighted by atomic mass is 32.1.